The second-order valence-corrected chi connectivity index (χ2v) is 5.74. The van der Waals surface area contributed by atoms with Gasteiger partial charge in [-0.15, -0.1) is 11.3 Å². The van der Waals surface area contributed by atoms with Crippen LogP contribution in [0.15, 0.2) is 6.33 Å². The number of aryl methyl sites for hydroxylation is 2. The number of thiophene rings is 1. The average molecular weight is 278 g/mol. The molecule has 0 aliphatic rings. The van der Waals surface area contributed by atoms with Crippen LogP contribution in [0.3, 0.4) is 0 Å². The Bertz CT molecular complexity index is 594. The lowest BCUT2D eigenvalue weighted by Crippen LogP contribution is -2.11. The number of hydrogen-bond acceptors (Lipinski definition) is 5. The summed E-state index contributed by atoms with van der Waals surface area (Å²) in [6, 6.07) is 0. The molecule has 2 aromatic rings. The molecular weight excluding hydrogens is 260 g/mol. The van der Waals surface area contributed by atoms with Gasteiger partial charge in [0.2, 0.25) is 5.91 Å². The minimum atomic E-state index is -0.242. The van der Waals surface area contributed by atoms with Crippen LogP contribution in [0.1, 0.15) is 29.7 Å². The van der Waals surface area contributed by atoms with Crippen molar-refractivity contribution in [1.82, 2.24) is 9.97 Å². The Hall–Kier alpha value is -1.69. The molecule has 0 atom stereocenters. The summed E-state index contributed by atoms with van der Waals surface area (Å²) in [7, 11) is 0. The number of aromatic nitrogens is 2. The number of hydrogen-bond donors (Lipinski definition) is 2. The Labute approximate surface area is 116 Å². The highest BCUT2D eigenvalue weighted by Gasteiger charge is 2.11. The van der Waals surface area contributed by atoms with Gasteiger partial charge in [-0.3, -0.25) is 4.79 Å². The van der Waals surface area contributed by atoms with E-state index < -0.39 is 0 Å². The van der Waals surface area contributed by atoms with Crippen molar-refractivity contribution in [2.24, 2.45) is 5.73 Å². The summed E-state index contributed by atoms with van der Waals surface area (Å²) < 4.78 is 0. The predicted octanol–water partition coefficient (Wildman–Crippen LogP) is 2.38. The third-order valence-electron chi connectivity index (χ3n) is 3.11. The fourth-order valence-electron chi connectivity index (χ4n) is 1.95. The number of amides is 1. The van der Waals surface area contributed by atoms with E-state index in [-0.39, 0.29) is 5.91 Å². The molecule has 0 saturated carbocycles. The fourth-order valence-corrected chi connectivity index (χ4v) is 2.94. The number of fused-ring (bicyclic) bond motifs is 1. The zero-order valence-corrected chi connectivity index (χ0v) is 12.0. The SMILES string of the molecule is Cc1sc2ncnc(NCCCCC(N)=O)c2c1C. The van der Waals surface area contributed by atoms with E-state index in [1.54, 1.807) is 17.7 Å². The monoisotopic (exact) mass is 278 g/mol. The van der Waals surface area contributed by atoms with Crippen LogP contribution in [0.25, 0.3) is 10.2 Å². The maximum absolute atomic E-state index is 10.6. The first-order chi connectivity index (χ1) is 9.09. The molecule has 5 nitrogen and oxygen atoms in total. The Morgan fingerprint density at radius 1 is 1.37 bits per heavy atom. The zero-order valence-electron chi connectivity index (χ0n) is 11.2. The maximum atomic E-state index is 10.6. The highest BCUT2D eigenvalue weighted by Crippen LogP contribution is 2.32. The molecule has 0 fully saturated rings. The minimum absolute atomic E-state index is 0.242. The Balaban J connectivity index is 2.02. The summed E-state index contributed by atoms with van der Waals surface area (Å²) in [5.74, 6) is 0.639. The third-order valence-corrected chi connectivity index (χ3v) is 4.22. The molecule has 0 unspecified atom stereocenters. The summed E-state index contributed by atoms with van der Waals surface area (Å²) in [5.41, 5.74) is 6.34. The molecule has 3 N–H and O–H groups in total. The molecule has 0 aliphatic heterocycles. The molecule has 102 valence electrons. The van der Waals surface area contributed by atoms with Gasteiger partial charge in [0.25, 0.3) is 0 Å². The van der Waals surface area contributed by atoms with E-state index >= 15 is 0 Å². The van der Waals surface area contributed by atoms with Crippen LogP contribution in [0.5, 0.6) is 0 Å². The van der Waals surface area contributed by atoms with Crippen LogP contribution >= 0.6 is 11.3 Å². The van der Waals surface area contributed by atoms with Gasteiger partial charge < -0.3 is 11.1 Å². The molecule has 2 aromatic heterocycles. The summed E-state index contributed by atoms with van der Waals surface area (Å²) in [4.78, 5) is 21.5. The number of anilines is 1. The number of carbonyl (C=O) groups excluding carboxylic acids is 1. The predicted molar refractivity (Wildman–Crippen MR) is 78.4 cm³/mol. The molecule has 0 aliphatic carbocycles. The average Bonchev–Trinajstić information content (AvgIpc) is 2.65. The summed E-state index contributed by atoms with van der Waals surface area (Å²) in [6.07, 6.45) is 3.73. The van der Waals surface area contributed by atoms with Crippen molar-refractivity contribution >= 4 is 33.3 Å². The maximum Gasteiger partial charge on any atom is 0.217 e. The quantitative estimate of drug-likeness (QED) is 0.795. The van der Waals surface area contributed by atoms with Gasteiger partial charge in [-0.05, 0) is 32.3 Å². The second kappa shape index (κ2) is 5.97. The van der Waals surface area contributed by atoms with Crippen molar-refractivity contribution < 1.29 is 4.79 Å². The van der Waals surface area contributed by atoms with Gasteiger partial charge in [0.15, 0.2) is 0 Å². The van der Waals surface area contributed by atoms with Crippen LogP contribution in [0.2, 0.25) is 0 Å². The first kappa shape index (κ1) is 13.7. The van der Waals surface area contributed by atoms with Crippen molar-refractivity contribution in [1.29, 1.82) is 0 Å². The Morgan fingerprint density at radius 2 is 2.16 bits per heavy atom. The smallest absolute Gasteiger partial charge is 0.217 e. The molecule has 0 radical (unpaired) electrons. The molecule has 0 bridgehead atoms. The summed E-state index contributed by atoms with van der Waals surface area (Å²) in [5, 5.41) is 4.43. The van der Waals surface area contributed by atoms with Crippen molar-refractivity contribution in [3.63, 3.8) is 0 Å². The van der Waals surface area contributed by atoms with Gasteiger partial charge in [-0.1, -0.05) is 0 Å². The number of unbranched alkanes of at least 4 members (excludes halogenated alkanes) is 1. The van der Waals surface area contributed by atoms with Gasteiger partial charge in [0.05, 0.1) is 5.39 Å². The third kappa shape index (κ3) is 3.20. The molecule has 19 heavy (non-hydrogen) atoms. The van der Waals surface area contributed by atoms with Crippen molar-refractivity contribution in [3.8, 4) is 0 Å². The van der Waals surface area contributed by atoms with Crippen LogP contribution in [0, 0.1) is 13.8 Å². The van der Waals surface area contributed by atoms with E-state index in [1.807, 2.05) is 0 Å². The second-order valence-electron chi connectivity index (χ2n) is 4.54. The minimum Gasteiger partial charge on any atom is -0.370 e. The normalized spacial score (nSPS) is 10.8. The first-order valence-corrected chi connectivity index (χ1v) is 7.14. The van der Waals surface area contributed by atoms with Crippen LogP contribution in [-0.2, 0) is 4.79 Å². The fraction of sp³-hybridized carbons (Fsp3) is 0.462. The highest BCUT2D eigenvalue weighted by molar-refractivity contribution is 7.18. The van der Waals surface area contributed by atoms with Gasteiger partial charge in [0.1, 0.15) is 17.0 Å². The number of nitrogens with one attached hydrogen (secondary N) is 1. The van der Waals surface area contributed by atoms with E-state index in [0.29, 0.717) is 6.42 Å². The molecule has 0 aromatic carbocycles. The van der Waals surface area contributed by atoms with E-state index in [9.17, 15) is 4.79 Å². The molecule has 0 spiro atoms. The van der Waals surface area contributed by atoms with E-state index in [4.69, 9.17) is 5.73 Å². The molecule has 1 amide bonds. The summed E-state index contributed by atoms with van der Waals surface area (Å²) >= 11 is 1.69. The van der Waals surface area contributed by atoms with Crippen molar-refractivity contribution in [2.45, 2.75) is 33.1 Å². The number of carbonyl (C=O) groups is 1. The van der Waals surface area contributed by atoms with Gasteiger partial charge in [-0.25, -0.2) is 9.97 Å². The largest absolute Gasteiger partial charge is 0.370 e. The van der Waals surface area contributed by atoms with E-state index in [0.717, 1.165) is 35.4 Å². The lowest BCUT2D eigenvalue weighted by Gasteiger charge is -2.06. The van der Waals surface area contributed by atoms with Crippen LogP contribution in [-0.4, -0.2) is 22.4 Å². The van der Waals surface area contributed by atoms with Crippen molar-refractivity contribution in [2.75, 3.05) is 11.9 Å². The van der Waals surface area contributed by atoms with Gasteiger partial charge >= 0.3 is 0 Å². The molecule has 2 heterocycles. The molecule has 2 rings (SSSR count). The Kier molecular flexibility index (Phi) is 4.31. The lowest BCUT2D eigenvalue weighted by atomic mass is 10.2. The van der Waals surface area contributed by atoms with E-state index in [2.05, 4.69) is 29.1 Å². The van der Waals surface area contributed by atoms with E-state index in [1.165, 1.54) is 10.4 Å². The number of nitrogens with zero attached hydrogens (tertiary/aromatic N) is 2. The van der Waals surface area contributed by atoms with Crippen molar-refractivity contribution in [3.05, 3.63) is 16.8 Å². The zero-order chi connectivity index (χ0) is 13.8. The van der Waals surface area contributed by atoms with Crippen LogP contribution < -0.4 is 11.1 Å². The summed E-state index contributed by atoms with van der Waals surface area (Å²) in [6.45, 7) is 4.97. The number of nitrogens with two attached hydrogens (primary N) is 1. The Morgan fingerprint density at radius 3 is 2.89 bits per heavy atom. The lowest BCUT2D eigenvalue weighted by molar-refractivity contribution is -0.118. The molecule has 0 saturated heterocycles. The topological polar surface area (TPSA) is 80.9 Å². The first-order valence-electron chi connectivity index (χ1n) is 6.32. The number of rotatable bonds is 6. The highest BCUT2D eigenvalue weighted by atomic mass is 32.1. The van der Waals surface area contributed by atoms with Gasteiger partial charge in [0, 0.05) is 17.8 Å². The van der Waals surface area contributed by atoms with Gasteiger partial charge in [-0.2, -0.15) is 0 Å². The number of primary amides is 1. The van der Waals surface area contributed by atoms with Crippen LogP contribution in [0.4, 0.5) is 5.82 Å². The molecular formula is C13H18N4OS. The molecule has 6 heteroatoms. The standard InChI is InChI=1S/C13H18N4OS/c1-8-9(2)19-13-11(8)12(16-7-17-13)15-6-4-3-5-10(14)18/h7H,3-6H2,1-2H3,(H2,14,18)(H,15,16,17).